The summed E-state index contributed by atoms with van der Waals surface area (Å²) in [5.41, 5.74) is 0.839. The van der Waals surface area contributed by atoms with Crippen molar-refractivity contribution in [2.24, 2.45) is 201 Å². The Labute approximate surface area is 927 Å². The van der Waals surface area contributed by atoms with E-state index in [1.165, 1.54) is 193 Å². The van der Waals surface area contributed by atoms with Gasteiger partial charge in [-0.15, -0.1) is 0 Å². The molecule has 1 spiro atoms. The highest BCUT2D eigenvalue weighted by molar-refractivity contribution is 4.93. The summed E-state index contributed by atoms with van der Waals surface area (Å²) in [5, 5.41) is 0. The number of hydrogen-bond acceptors (Lipinski definition) is 0. The van der Waals surface area contributed by atoms with E-state index >= 15 is 0 Å². The Morgan fingerprint density at radius 1 is 0.140 bits per heavy atom. The zero-order valence-corrected chi connectivity index (χ0v) is 112. The predicted molar refractivity (Wildman–Crippen MR) is 690 cm³/mol. The average Bonchev–Trinajstić information content (AvgIpc) is 1.82. The Morgan fingerprint density at radius 3 is 0.497 bits per heavy atom. The fraction of sp³-hybridized carbons (Fsp3) is 1.00. The molecule has 0 radical (unpaired) electrons. The zero-order valence-electron chi connectivity index (χ0n) is 112. The molecular weight excluding hydrogens is 1720 g/mol. The van der Waals surface area contributed by atoms with Crippen molar-refractivity contribution in [3.05, 3.63) is 0 Å². The van der Waals surface area contributed by atoms with E-state index in [0.717, 1.165) is 201 Å². The molecule has 0 aromatic carbocycles. The summed E-state index contributed by atoms with van der Waals surface area (Å²) in [5.74, 6) is 32.3. The van der Waals surface area contributed by atoms with E-state index in [9.17, 15) is 0 Å². The summed E-state index contributed by atoms with van der Waals surface area (Å²) in [4.78, 5) is 0. The predicted octanol–water partition coefficient (Wildman–Crippen LogP) is 54.6. The molecule has 13 saturated carbocycles. The first kappa shape index (κ1) is 176. The molecule has 0 amide bonds. The van der Waals surface area contributed by atoms with Gasteiger partial charge in [0.15, 0.2) is 0 Å². The molecular formula is C143H316. The van der Waals surface area contributed by atoms with Crippen LogP contribution in [0.4, 0.5) is 0 Å². The van der Waals surface area contributed by atoms with Crippen LogP contribution < -0.4 is 0 Å². The van der Waals surface area contributed by atoms with Gasteiger partial charge in [-0.25, -0.2) is 0 Å². The van der Waals surface area contributed by atoms with E-state index < -0.39 is 0 Å². The smallest absolute Gasteiger partial charge is 0.0297 e. The van der Waals surface area contributed by atoms with Crippen molar-refractivity contribution >= 4 is 0 Å². The van der Waals surface area contributed by atoms with Gasteiger partial charge >= 0.3 is 0 Å². The maximum absolute atomic E-state index is 2.42. The number of rotatable bonds is 9. The largest absolute Gasteiger partial charge is 0.0776 e. The summed E-state index contributed by atoms with van der Waals surface area (Å²) in [6.07, 6.45) is 71.3. The Hall–Kier alpha value is 0. The van der Waals surface area contributed by atoms with Crippen molar-refractivity contribution in [2.45, 2.75) is 733 Å². The lowest BCUT2D eigenvalue weighted by Crippen LogP contribution is -2.26. The van der Waals surface area contributed by atoms with E-state index in [1.54, 1.807) is 109 Å². The molecule has 13 aliphatic rings. The maximum Gasteiger partial charge on any atom is -0.0297 e. The molecule has 13 fully saturated rings. The zero-order chi connectivity index (χ0) is 112. The second-order valence-electron chi connectivity index (χ2n) is 54.0. The van der Waals surface area contributed by atoms with Gasteiger partial charge in [0, 0.05) is 0 Å². The van der Waals surface area contributed by atoms with E-state index in [-0.39, 0.29) is 22.3 Å². The molecule has 0 saturated heterocycles. The van der Waals surface area contributed by atoms with E-state index in [1.807, 2.05) is 96.9 Å². The molecule has 143 heavy (non-hydrogen) atoms. The van der Waals surface area contributed by atoms with E-state index in [0.29, 0.717) is 0 Å². The summed E-state index contributed by atoms with van der Waals surface area (Å²) < 4.78 is 0. The van der Waals surface area contributed by atoms with E-state index in [2.05, 4.69) is 312 Å². The monoisotopic (exact) mass is 2030 g/mol. The first-order chi connectivity index (χ1) is 65.6. The average molecular weight is 2040 g/mol. The van der Waals surface area contributed by atoms with Gasteiger partial charge in [-0.2, -0.15) is 0 Å². The Balaban J connectivity index is -0.0000000938. The quantitative estimate of drug-likeness (QED) is 0.202. The molecule has 0 nitrogen and oxygen atoms in total. The second-order valence-corrected chi connectivity index (χ2v) is 54.0. The van der Waals surface area contributed by atoms with Gasteiger partial charge in [0.2, 0.25) is 0 Å². The van der Waals surface area contributed by atoms with Crippen LogP contribution in [0.15, 0.2) is 0 Å². The van der Waals surface area contributed by atoms with Gasteiger partial charge in [-0.1, -0.05) is 643 Å². The lowest BCUT2D eigenvalue weighted by Gasteiger charge is -2.38. The van der Waals surface area contributed by atoms with Crippen LogP contribution in [-0.2, 0) is 0 Å². The normalized spacial score (nSPS) is 22.3. The van der Waals surface area contributed by atoms with E-state index in [4.69, 9.17) is 0 Å². The van der Waals surface area contributed by atoms with Gasteiger partial charge in [0.1, 0.15) is 0 Å². The molecule has 7 atom stereocenters. The van der Waals surface area contributed by atoms with Crippen LogP contribution in [0.5, 0.6) is 0 Å². The third kappa shape index (κ3) is 124. The van der Waals surface area contributed by atoms with Gasteiger partial charge in [0.25, 0.3) is 0 Å². The minimum Gasteiger partial charge on any atom is -0.0776 e. The highest BCUT2D eigenvalue weighted by atomic mass is 14.5. The second kappa shape index (κ2) is 122. The van der Waals surface area contributed by atoms with Crippen molar-refractivity contribution < 1.29 is 0 Å². The van der Waals surface area contributed by atoms with Crippen molar-refractivity contribution in [3.63, 3.8) is 0 Å². The fourth-order valence-electron chi connectivity index (χ4n) is 22.0. The van der Waals surface area contributed by atoms with Gasteiger partial charge < -0.3 is 0 Å². The first-order valence-corrected chi connectivity index (χ1v) is 65.6. The summed E-state index contributed by atoms with van der Waals surface area (Å²) in [6, 6.07) is 0. The van der Waals surface area contributed by atoms with Gasteiger partial charge in [-0.05, 0) is 291 Å². The first-order valence-electron chi connectivity index (χ1n) is 65.6. The van der Waals surface area contributed by atoms with Gasteiger partial charge in [0.05, 0.1) is 0 Å². The van der Waals surface area contributed by atoms with Gasteiger partial charge in [-0.3, -0.25) is 0 Å². The van der Waals surface area contributed by atoms with Crippen molar-refractivity contribution in [2.75, 3.05) is 0 Å². The number of hydrogen-bond donors (Lipinski definition) is 0. The van der Waals surface area contributed by atoms with Crippen molar-refractivity contribution in [3.8, 4) is 0 Å². The maximum atomic E-state index is 2.42. The standard InChI is InChI=1S/C13H24.2C11H20.C11H22.C10H18.C10H20.C9H18.C8H16.C7H14.9C4H10.7C2H6.3CH4/c1-11(2)12-5-9-13(10-6-12)7-3-4-8-13;1-8(2)11-6-9-3-4-10(5-9)7-11;1-8(2)11-9-4-3-5-10(11)7-6-9;1-10(2)11-8-6-4-3-5-7-9-11;1-7(2)10-6-8-3-4-9(10)5-8;1-9(2)10-7-5-3-4-6-8-10;1-8(2)9-6-4-3-5-7-9;1-7(2)8-5-3-4-6-8;1-6(2)7-4-3-5-7;9*1-4(2)3;7*1-2;;;/h11-12H,3-10H2,1-2H3;2*8-11H,3-7H2,1-2H3;10-11H,3-9H2,1-2H3;7-10H,3-6H2,1-2H3;9-10H,3-8H2,1-2H3;8-9H,3-7H2,1-2H3;7-8H,3-6H2,1-2H3;6-7H,3-5H2,1-2H3;9*4H,1-3H3;7*1-2H3;3*1H4. The SMILES string of the molecule is C.C.C.CC.CC.CC.CC.CC.CC.CC.CC(C)C.CC(C)C.CC(C)C.CC(C)C.CC(C)C.CC(C)C.CC(C)C.CC(C)C.CC(C)C.CC(C)C1C2CCCC1CC2.CC(C)C1CC2CCC(C2)C1.CC(C)C1CC2CCC1C2.CC(C)C1CCC1.CC(C)C1CCC2(CCCC2)CC1.CC(C)C1CCCC1.CC(C)C1CCCCC1.CC(C)C1CCCCCC1.CC(C)C1CCCCCCC1. The third-order valence-corrected chi connectivity index (χ3v) is 29.1. The minimum absolute atomic E-state index is 0. The molecule has 0 aliphatic heterocycles. The topological polar surface area (TPSA) is 0 Å². The molecule has 0 aromatic heterocycles. The van der Waals surface area contributed by atoms with Crippen LogP contribution in [0.25, 0.3) is 0 Å². The lowest BCUT2D eigenvalue weighted by molar-refractivity contribution is 0.132. The number of fused-ring (bicyclic) bond motifs is 6. The molecule has 13 aliphatic carbocycles. The molecule has 13 rings (SSSR count). The molecule has 888 valence electrons. The van der Waals surface area contributed by atoms with Crippen LogP contribution >= 0.6 is 0 Å². The Morgan fingerprint density at radius 2 is 0.322 bits per heavy atom. The van der Waals surface area contributed by atoms with Crippen LogP contribution in [0.3, 0.4) is 0 Å². The third-order valence-electron chi connectivity index (χ3n) is 29.1. The summed E-state index contributed by atoms with van der Waals surface area (Å²) in [7, 11) is 0. The molecule has 0 N–H and O–H groups in total. The molecule has 0 heterocycles. The Bertz CT molecular complexity index is 1980. The molecule has 7 unspecified atom stereocenters. The Kier molecular flexibility index (Phi) is 150. The fourth-order valence-corrected chi connectivity index (χ4v) is 22.0. The van der Waals surface area contributed by atoms with Crippen LogP contribution in [0, 0.1) is 201 Å². The highest BCUT2D eigenvalue weighted by Crippen LogP contribution is 2.54. The highest BCUT2D eigenvalue weighted by Gasteiger charge is 2.42. The van der Waals surface area contributed by atoms with Crippen LogP contribution in [-0.4, -0.2) is 0 Å². The van der Waals surface area contributed by atoms with Crippen molar-refractivity contribution in [1.29, 1.82) is 0 Å². The molecule has 0 aromatic rings. The van der Waals surface area contributed by atoms with Crippen molar-refractivity contribution in [1.82, 2.24) is 0 Å². The summed E-state index contributed by atoms with van der Waals surface area (Å²) in [6.45, 7) is 129. The minimum atomic E-state index is 0. The molecule has 0 heteroatoms. The van der Waals surface area contributed by atoms with Crippen LogP contribution in [0.2, 0.25) is 0 Å². The molecule has 6 bridgehead atoms. The van der Waals surface area contributed by atoms with Crippen LogP contribution in [0.1, 0.15) is 733 Å². The lowest BCUT2D eigenvalue weighted by atomic mass is 9.67. The summed E-state index contributed by atoms with van der Waals surface area (Å²) >= 11 is 0.